The highest BCUT2D eigenvalue weighted by Gasteiger charge is 2.51. The molecule has 1 saturated heterocycles. The maximum absolute atomic E-state index is 13.1. The van der Waals surface area contributed by atoms with Gasteiger partial charge in [0.25, 0.3) is 5.91 Å². The summed E-state index contributed by atoms with van der Waals surface area (Å²) in [6.07, 6.45) is 0.341. The summed E-state index contributed by atoms with van der Waals surface area (Å²) in [5, 5.41) is 6.59. The minimum Gasteiger partial charge on any atom is -0.348 e. The summed E-state index contributed by atoms with van der Waals surface area (Å²) in [5.41, 5.74) is 0.162. The molecule has 0 aliphatic carbocycles. The third kappa shape index (κ3) is 4.09. The molecule has 1 aliphatic heterocycles. The quantitative estimate of drug-likeness (QED) is 0.674. The second kappa shape index (κ2) is 8.43. The number of nitrogens with one attached hydrogen (secondary N) is 2. The van der Waals surface area contributed by atoms with Crippen LogP contribution in [0.15, 0.2) is 48.5 Å². The number of carbonyl (C=O) groups excluding carboxylic acids is 3. The Hall–Kier alpha value is -2.57. The van der Waals surface area contributed by atoms with Crippen molar-refractivity contribution in [2.75, 3.05) is 6.54 Å². The van der Waals surface area contributed by atoms with Crippen LogP contribution in [0.4, 0.5) is 4.79 Å². The summed E-state index contributed by atoms with van der Waals surface area (Å²) in [7, 11) is 0. The number of rotatable bonds is 6. The number of halogens is 2. The number of urea groups is 1. The summed E-state index contributed by atoms with van der Waals surface area (Å²) in [6, 6.07) is 12.9. The van der Waals surface area contributed by atoms with Crippen LogP contribution in [0.3, 0.4) is 0 Å². The molecule has 1 heterocycles. The van der Waals surface area contributed by atoms with Gasteiger partial charge in [0, 0.05) is 10.0 Å². The molecule has 2 aromatic carbocycles. The lowest BCUT2D eigenvalue weighted by Crippen LogP contribution is -2.45. The van der Waals surface area contributed by atoms with Gasteiger partial charge in [0.05, 0.1) is 6.04 Å². The fraction of sp³-hybridized carbons (Fsp3) is 0.286. The van der Waals surface area contributed by atoms with E-state index in [9.17, 15) is 14.4 Å². The van der Waals surface area contributed by atoms with E-state index in [2.05, 4.69) is 10.6 Å². The van der Waals surface area contributed by atoms with E-state index in [1.165, 1.54) is 0 Å². The number of hydrogen-bond acceptors (Lipinski definition) is 3. The van der Waals surface area contributed by atoms with Gasteiger partial charge in [-0.2, -0.15) is 0 Å². The van der Waals surface area contributed by atoms with Crippen molar-refractivity contribution in [1.29, 1.82) is 0 Å². The van der Waals surface area contributed by atoms with E-state index in [4.69, 9.17) is 23.2 Å². The van der Waals surface area contributed by atoms with Crippen molar-refractivity contribution in [2.24, 2.45) is 0 Å². The van der Waals surface area contributed by atoms with Crippen molar-refractivity contribution in [3.63, 3.8) is 0 Å². The van der Waals surface area contributed by atoms with Crippen molar-refractivity contribution >= 4 is 41.0 Å². The molecule has 8 heteroatoms. The number of amides is 4. The number of imide groups is 1. The first kappa shape index (κ1) is 21.1. The van der Waals surface area contributed by atoms with Crippen molar-refractivity contribution < 1.29 is 14.4 Å². The maximum atomic E-state index is 13.1. The molecule has 1 fully saturated rings. The van der Waals surface area contributed by atoms with E-state index >= 15 is 0 Å². The van der Waals surface area contributed by atoms with Gasteiger partial charge < -0.3 is 10.6 Å². The van der Waals surface area contributed by atoms with Crippen molar-refractivity contribution in [2.45, 2.75) is 31.8 Å². The standard InChI is InChI=1S/C21H21Cl2N3O3/c1-3-21(14-8-10-15(22)11-9-14)19(28)26(20(29)25-21)12-18(27)24-13(2)16-6-4-5-7-17(16)23/h4-11,13H,3,12H2,1-2H3,(H,24,27)(H,25,29). The number of hydrogen-bond donors (Lipinski definition) is 2. The van der Waals surface area contributed by atoms with Gasteiger partial charge >= 0.3 is 6.03 Å². The average Bonchev–Trinajstić information content (AvgIpc) is 2.94. The van der Waals surface area contributed by atoms with Crippen LogP contribution < -0.4 is 10.6 Å². The summed E-state index contributed by atoms with van der Waals surface area (Å²) >= 11 is 12.1. The molecule has 4 amide bonds. The topological polar surface area (TPSA) is 78.5 Å². The minimum absolute atomic E-state index is 0.341. The minimum atomic E-state index is -1.21. The van der Waals surface area contributed by atoms with Crippen molar-refractivity contribution in [1.82, 2.24) is 15.5 Å². The SMILES string of the molecule is CCC1(c2ccc(Cl)cc2)NC(=O)N(CC(=O)NC(C)c2ccccc2Cl)C1=O. The zero-order valence-corrected chi connectivity index (χ0v) is 17.6. The highest BCUT2D eigenvalue weighted by molar-refractivity contribution is 6.31. The van der Waals surface area contributed by atoms with Gasteiger partial charge in [0.15, 0.2) is 0 Å². The highest BCUT2D eigenvalue weighted by atomic mass is 35.5. The molecule has 152 valence electrons. The second-order valence-electron chi connectivity index (χ2n) is 6.90. The normalized spacial score (nSPS) is 19.8. The Morgan fingerprint density at radius 3 is 2.41 bits per heavy atom. The van der Waals surface area contributed by atoms with Crippen molar-refractivity contribution in [3.05, 3.63) is 69.7 Å². The lowest BCUT2D eigenvalue weighted by atomic mass is 9.87. The van der Waals surface area contributed by atoms with Crippen molar-refractivity contribution in [3.8, 4) is 0 Å². The monoisotopic (exact) mass is 433 g/mol. The molecule has 0 bridgehead atoms. The van der Waals surface area contributed by atoms with Crippen LogP contribution in [-0.2, 0) is 15.1 Å². The molecule has 2 atom stereocenters. The number of carbonyl (C=O) groups is 3. The van der Waals surface area contributed by atoms with Crippen LogP contribution in [0.5, 0.6) is 0 Å². The first-order valence-electron chi connectivity index (χ1n) is 9.22. The molecule has 2 aromatic rings. The Morgan fingerprint density at radius 2 is 1.79 bits per heavy atom. The van der Waals surface area contributed by atoms with Gasteiger partial charge in [-0.05, 0) is 42.7 Å². The second-order valence-corrected chi connectivity index (χ2v) is 7.74. The van der Waals surface area contributed by atoms with Gasteiger partial charge in [0.2, 0.25) is 5.91 Å². The lowest BCUT2D eigenvalue weighted by molar-refractivity contribution is -0.135. The van der Waals surface area contributed by atoms with E-state index in [0.29, 0.717) is 22.0 Å². The van der Waals surface area contributed by atoms with Gasteiger partial charge in [-0.3, -0.25) is 14.5 Å². The summed E-state index contributed by atoms with van der Waals surface area (Å²) in [6.45, 7) is 3.21. The van der Waals surface area contributed by atoms with E-state index in [1.807, 2.05) is 12.1 Å². The molecule has 0 aromatic heterocycles. The fourth-order valence-electron chi connectivity index (χ4n) is 3.48. The first-order valence-corrected chi connectivity index (χ1v) is 9.98. The molecule has 6 nitrogen and oxygen atoms in total. The largest absolute Gasteiger partial charge is 0.348 e. The van der Waals surface area contributed by atoms with Crippen LogP contribution in [0.25, 0.3) is 0 Å². The van der Waals surface area contributed by atoms with Crippen LogP contribution >= 0.6 is 23.2 Å². The Bertz CT molecular complexity index is 948. The van der Waals surface area contributed by atoms with Crippen LogP contribution in [-0.4, -0.2) is 29.3 Å². The van der Waals surface area contributed by atoms with Crippen LogP contribution in [0.1, 0.15) is 37.4 Å². The smallest absolute Gasteiger partial charge is 0.325 e. The molecule has 0 saturated carbocycles. The molecule has 0 radical (unpaired) electrons. The first-order chi connectivity index (χ1) is 13.8. The summed E-state index contributed by atoms with van der Waals surface area (Å²) in [5.74, 6) is -0.920. The molecular weight excluding hydrogens is 413 g/mol. The Balaban J connectivity index is 1.75. The third-order valence-corrected chi connectivity index (χ3v) is 5.69. The zero-order chi connectivity index (χ0) is 21.2. The molecular formula is C21H21Cl2N3O3. The predicted octanol–water partition coefficient (Wildman–Crippen LogP) is 4.03. The van der Waals surface area contributed by atoms with E-state index in [0.717, 1.165) is 10.5 Å². The number of benzene rings is 2. The zero-order valence-electron chi connectivity index (χ0n) is 16.0. The van der Waals surface area contributed by atoms with Gasteiger partial charge in [-0.25, -0.2) is 4.79 Å². The predicted molar refractivity (Wildman–Crippen MR) is 112 cm³/mol. The maximum Gasteiger partial charge on any atom is 0.325 e. The molecule has 2 N–H and O–H groups in total. The van der Waals surface area contributed by atoms with E-state index < -0.39 is 23.4 Å². The molecule has 29 heavy (non-hydrogen) atoms. The van der Waals surface area contributed by atoms with Gasteiger partial charge in [-0.1, -0.05) is 60.5 Å². The van der Waals surface area contributed by atoms with Crippen LogP contribution in [0.2, 0.25) is 10.0 Å². The summed E-state index contributed by atoms with van der Waals surface area (Å²) in [4.78, 5) is 39.1. The average molecular weight is 434 g/mol. The van der Waals surface area contributed by atoms with E-state index in [-0.39, 0.29) is 12.6 Å². The number of nitrogens with zero attached hydrogens (tertiary/aromatic N) is 1. The highest BCUT2D eigenvalue weighted by Crippen LogP contribution is 2.33. The molecule has 2 unspecified atom stereocenters. The van der Waals surface area contributed by atoms with E-state index in [1.54, 1.807) is 50.2 Å². The molecule has 1 aliphatic rings. The van der Waals surface area contributed by atoms with Gasteiger partial charge in [-0.15, -0.1) is 0 Å². The van der Waals surface area contributed by atoms with Gasteiger partial charge in [0.1, 0.15) is 12.1 Å². The fourth-order valence-corrected chi connectivity index (χ4v) is 3.90. The third-order valence-electron chi connectivity index (χ3n) is 5.09. The Kier molecular flexibility index (Phi) is 6.15. The summed E-state index contributed by atoms with van der Waals surface area (Å²) < 4.78 is 0. The lowest BCUT2D eigenvalue weighted by Gasteiger charge is -2.26. The Labute approximate surface area is 179 Å². The Morgan fingerprint density at radius 1 is 1.14 bits per heavy atom. The molecule has 0 spiro atoms. The molecule has 3 rings (SSSR count). The van der Waals surface area contributed by atoms with Crippen LogP contribution in [0, 0.1) is 0 Å².